The molecule has 0 aliphatic heterocycles. The molecular formula is C19H23NO2S. The summed E-state index contributed by atoms with van der Waals surface area (Å²) in [6, 6.07) is 16.3. The zero-order chi connectivity index (χ0) is 16.7. The van der Waals surface area contributed by atoms with E-state index in [9.17, 15) is 8.42 Å². The van der Waals surface area contributed by atoms with Gasteiger partial charge in [-0.15, -0.1) is 6.58 Å². The van der Waals surface area contributed by atoms with Gasteiger partial charge in [0.05, 0.1) is 17.1 Å². The van der Waals surface area contributed by atoms with Gasteiger partial charge in [0.25, 0.3) is 10.0 Å². The summed E-state index contributed by atoms with van der Waals surface area (Å²) < 4.78 is 27.2. The number of unbranched alkanes of at least 4 members (excludes halogenated alkanes) is 1. The van der Waals surface area contributed by atoms with E-state index in [-0.39, 0.29) is 6.54 Å². The SMILES string of the molecule is C=CCN(c1ccccc1)S(=O)(=O)c1ccc(CCCC)cc1. The molecule has 4 heteroatoms. The van der Waals surface area contributed by atoms with Gasteiger partial charge >= 0.3 is 0 Å². The van der Waals surface area contributed by atoms with Gasteiger partial charge in [-0.3, -0.25) is 4.31 Å². The molecule has 0 aromatic heterocycles. The van der Waals surface area contributed by atoms with Crippen LogP contribution in [0.4, 0.5) is 5.69 Å². The van der Waals surface area contributed by atoms with Gasteiger partial charge in [-0.05, 0) is 42.7 Å². The van der Waals surface area contributed by atoms with Crippen LogP contribution >= 0.6 is 0 Å². The minimum atomic E-state index is -3.59. The van der Waals surface area contributed by atoms with Gasteiger partial charge in [-0.1, -0.05) is 49.8 Å². The lowest BCUT2D eigenvalue weighted by Crippen LogP contribution is -2.31. The molecule has 3 nitrogen and oxygen atoms in total. The maximum atomic E-state index is 12.9. The Morgan fingerprint density at radius 1 is 1.04 bits per heavy atom. The molecule has 0 spiro atoms. The van der Waals surface area contributed by atoms with Crippen LogP contribution in [-0.4, -0.2) is 15.0 Å². The van der Waals surface area contributed by atoms with Crippen LogP contribution in [0, 0.1) is 0 Å². The van der Waals surface area contributed by atoms with E-state index in [4.69, 9.17) is 0 Å². The van der Waals surface area contributed by atoms with Crippen LogP contribution < -0.4 is 4.31 Å². The molecule has 0 fully saturated rings. The number of nitrogens with zero attached hydrogens (tertiary/aromatic N) is 1. The van der Waals surface area contributed by atoms with Crippen molar-refractivity contribution in [2.24, 2.45) is 0 Å². The number of benzene rings is 2. The molecule has 0 saturated heterocycles. The van der Waals surface area contributed by atoms with Crippen molar-refractivity contribution in [3.63, 3.8) is 0 Å². The number of rotatable bonds is 8. The van der Waals surface area contributed by atoms with Crippen LogP contribution in [0.3, 0.4) is 0 Å². The molecule has 122 valence electrons. The first-order valence-corrected chi connectivity index (χ1v) is 9.31. The molecule has 0 aliphatic rings. The number of para-hydroxylation sites is 1. The van der Waals surface area contributed by atoms with Crippen molar-refractivity contribution in [3.05, 3.63) is 72.8 Å². The van der Waals surface area contributed by atoms with Gasteiger partial charge in [-0.2, -0.15) is 0 Å². The van der Waals surface area contributed by atoms with Crippen LogP contribution in [0.2, 0.25) is 0 Å². The molecule has 0 heterocycles. The fourth-order valence-corrected chi connectivity index (χ4v) is 3.83. The molecule has 0 bridgehead atoms. The Hall–Kier alpha value is -2.07. The number of sulfonamides is 1. The minimum Gasteiger partial charge on any atom is -0.263 e. The summed E-state index contributed by atoms with van der Waals surface area (Å²) >= 11 is 0. The summed E-state index contributed by atoms with van der Waals surface area (Å²) in [5, 5.41) is 0. The summed E-state index contributed by atoms with van der Waals surface area (Å²) in [6.45, 7) is 6.06. The van der Waals surface area contributed by atoms with Crippen LogP contribution in [-0.2, 0) is 16.4 Å². The Balaban J connectivity index is 2.32. The standard InChI is InChI=1S/C19H23NO2S/c1-3-5-9-17-12-14-19(15-13-17)23(21,22)20(16-4-2)18-10-7-6-8-11-18/h4,6-8,10-15H,2-3,5,9,16H2,1H3. The molecule has 0 aliphatic carbocycles. The van der Waals surface area contributed by atoms with Gasteiger partial charge in [0.15, 0.2) is 0 Å². The first kappa shape index (κ1) is 17.3. The third kappa shape index (κ3) is 4.23. The molecular weight excluding hydrogens is 306 g/mol. The number of hydrogen-bond donors (Lipinski definition) is 0. The highest BCUT2D eigenvalue weighted by molar-refractivity contribution is 7.92. The highest BCUT2D eigenvalue weighted by Gasteiger charge is 2.23. The molecule has 2 aromatic rings. The third-order valence-corrected chi connectivity index (χ3v) is 5.48. The second-order valence-corrected chi connectivity index (χ2v) is 7.27. The number of anilines is 1. The Kier molecular flexibility index (Phi) is 5.99. The molecule has 0 radical (unpaired) electrons. The Labute approximate surface area is 139 Å². The molecule has 0 N–H and O–H groups in total. The van der Waals surface area contributed by atoms with Gasteiger partial charge in [-0.25, -0.2) is 8.42 Å². The van der Waals surface area contributed by atoms with E-state index in [0.717, 1.165) is 19.3 Å². The summed E-state index contributed by atoms with van der Waals surface area (Å²) in [6.07, 6.45) is 4.81. The van der Waals surface area contributed by atoms with E-state index in [1.165, 1.54) is 9.87 Å². The van der Waals surface area contributed by atoms with E-state index >= 15 is 0 Å². The van der Waals surface area contributed by atoms with E-state index < -0.39 is 10.0 Å². The van der Waals surface area contributed by atoms with Gasteiger partial charge in [0.2, 0.25) is 0 Å². The van der Waals surface area contributed by atoms with Crippen LogP contribution in [0.1, 0.15) is 25.3 Å². The number of hydrogen-bond acceptors (Lipinski definition) is 2. The summed E-state index contributed by atoms with van der Waals surface area (Å²) in [4.78, 5) is 0.309. The lowest BCUT2D eigenvalue weighted by atomic mass is 10.1. The molecule has 0 saturated carbocycles. The molecule has 0 amide bonds. The molecule has 2 rings (SSSR count). The largest absolute Gasteiger partial charge is 0.264 e. The summed E-state index contributed by atoms with van der Waals surface area (Å²) in [5.74, 6) is 0. The van der Waals surface area contributed by atoms with Crippen molar-refractivity contribution in [1.29, 1.82) is 0 Å². The minimum absolute atomic E-state index is 0.240. The predicted octanol–water partition coefficient (Wildman–Crippen LogP) is 4.41. The smallest absolute Gasteiger partial charge is 0.263 e. The van der Waals surface area contributed by atoms with E-state index in [0.29, 0.717) is 10.6 Å². The van der Waals surface area contributed by atoms with Crippen molar-refractivity contribution in [2.45, 2.75) is 31.1 Å². The van der Waals surface area contributed by atoms with Gasteiger partial charge < -0.3 is 0 Å². The lowest BCUT2D eigenvalue weighted by Gasteiger charge is -2.23. The molecule has 2 aromatic carbocycles. The second-order valence-electron chi connectivity index (χ2n) is 5.41. The lowest BCUT2D eigenvalue weighted by molar-refractivity contribution is 0.593. The highest BCUT2D eigenvalue weighted by atomic mass is 32.2. The van der Waals surface area contributed by atoms with Crippen LogP contribution in [0.25, 0.3) is 0 Å². The Bertz CT molecular complexity index is 722. The quantitative estimate of drug-likeness (QED) is 0.673. The van der Waals surface area contributed by atoms with Crippen molar-refractivity contribution in [2.75, 3.05) is 10.8 Å². The third-order valence-electron chi connectivity index (χ3n) is 3.67. The number of aryl methyl sites for hydroxylation is 1. The van der Waals surface area contributed by atoms with Gasteiger partial charge in [0, 0.05) is 0 Å². The van der Waals surface area contributed by atoms with E-state index in [1.807, 2.05) is 30.3 Å². The fraction of sp³-hybridized carbons (Fsp3) is 0.263. The summed E-state index contributed by atoms with van der Waals surface area (Å²) in [5.41, 5.74) is 1.81. The molecule has 0 unspecified atom stereocenters. The topological polar surface area (TPSA) is 37.4 Å². The van der Waals surface area contributed by atoms with E-state index in [2.05, 4.69) is 13.5 Å². The second kappa shape index (κ2) is 7.97. The van der Waals surface area contributed by atoms with Crippen molar-refractivity contribution < 1.29 is 8.42 Å². The first-order valence-electron chi connectivity index (χ1n) is 7.87. The van der Waals surface area contributed by atoms with Gasteiger partial charge in [0.1, 0.15) is 0 Å². The fourth-order valence-electron chi connectivity index (χ4n) is 2.39. The highest BCUT2D eigenvalue weighted by Crippen LogP contribution is 2.23. The first-order chi connectivity index (χ1) is 11.1. The average molecular weight is 329 g/mol. The molecule has 0 atom stereocenters. The molecule has 23 heavy (non-hydrogen) atoms. The average Bonchev–Trinajstić information content (AvgIpc) is 2.59. The monoisotopic (exact) mass is 329 g/mol. The predicted molar refractivity (Wildman–Crippen MR) is 96.2 cm³/mol. The van der Waals surface area contributed by atoms with Crippen LogP contribution in [0.15, 0.2) is 72.1 Å². The maximum absolute atomic E-state index is 12.9. The van der Waals surface area contributed by atoms with Crippen molar-refractivity contribution in [1.82, 2.24) is 0 Å². The summed E-state index contributed by atoms with van der Waals surface area (Å²) in [7, 11) is -3.59. The van der Waals surface area contributed by atoms with E-state index in [1.54, 1.807) is 30.3 Å². The maximum Gasteiger partial charge on any atom is 0.264 e. The Morgan fingerprint density at radius 3 is 2.26 bits per heavy atom. The van der Waals surface area contributed by atoms with Crippen LogP contribution in [0.5, 0.6) is 0 Å². The Morgan fingerprint density at radius 2 is 1.70 bits per heavy atom. The van der Waals surface area contributed by atoms with Crippen molar-refractivity contribution >= 4 is 15.7 Å². The zero-order valence-corrected chi connectivity index (χ0v) is 14.3. The normalized spacial score (nSPS) is 11.2. The zero-order valence-electron chi connectivity index (χ0n) is 13.5. The van der Waals surface area contributed by atoms with Crippen molar-refractivity contribution in [3.8, 4) is 0 Å².